The van der Waals surface area contributed by atoms with E-state index in [1.54, 1.807) is 30.3 Å². The fourth-order valence-corrected chi connectivity index (χ4v) is 3.67. The predicted molar refractivity (Wildman–Crippen MR) is 126 cm³/mol. The SMILES string of the molecule is C=O.CC(C=O)c1ccc(O)cc1.CN(C)CCCN(C)C1Cc2cc(O)cc(O)c2C1. The van der Waals surface area contributed by atoms with Crippen molar-refractivity contribution in [1.29, 1.82) is 0 Å². The third-order valence-corrected chi connectivity index (χ3v) is 5.56. The molecule has 0 saturated heterocycles. The van der Waals surface area contributed by atoms with Crippen molar-refractivity contribution in [3.05, 3.63) is 53.1 Å². The summed E-state index contributed by atoms with van der Waals surface area (Å²) >= 11 is 0. The van der Waals surface area contributed by atoms with Gasteiger partial charge in [-0.3, -0.25) is 0 Å². The van der Waals surface area contributed by atoms with E-state index in [9.17, 15) is 15.0 Å². The Balaban J connectivity index is 0.000000335. The van der Waals surface area contributed by atoms with Crippen LogP contribution in [0.5, 0.6) is 17.2 Å². The van der Waals surface area contributed by atoms with Gasteiger partial charge in [0, 0.05) is 18.0 Å². The molecule has 2 aromatic carbocycles. The number of hydrogen-bond acceptors (Lipinski definition) is 7. The van der Waals surface area contributed by atoms with Gasteiger partial charge in [-0.2, -0.15) is 0 Å². The lowest BCUT2D eigenvalue weighted by molar-refractivity contribution is -0.108. The number of benzene rings is 2. The van der Waals surface area contributed by atoms with E-state index in [1.807, 2.05) is 13.7 Å². The van der Waals surface area contributed by atoms with Crippen LogP contribution in [0.15, 0.2) is 36.4 Å². The first-order chi connectivity index (χ1) is 15.2. The van der Waals surface area contributed by atoms with Crippen LogP contribution < -0.4 is 0 Å². The Labute approximate surface area is 190 Å². The number of hydrogen-bond donors (Lipinski definition) is 3. The highest BCUT2D eigenvalue weighted by atomic mass is 16.3. The minimum Gasteiger partial charge on any atom is -0.508 e. The van der Waals surface area contributed by atoms with Crippen LogP contribution in [-0.2, 0) is 22.4 Å². The predicted octanol–water partition coefficient (Wildman–Crippen LogP) is 2.96. The van der Waals surface area contributed by atoms with Crippen LogP contribution in [0.25, 0.3) is 0 Å². The van der Waals surface area contributed by atoms with E-state index in [-0.39, 0.29) is 23.2 Å². The molecule has 7 nitrogen and oxygen atoms in total. The van der Waals surface area contributed by atoms with Crippen LogP contribution in [-0.4, -0.2) is 78.5 Å². The third-order valence-electron chi connectivity index (χ3n) is 5.56. The average molecular weight is 445 g/mol. The lowest BCUT2D eigenvalue weighted by Gasteiger charge is -2.24. The Morgan fingerprint density at radius 2 is 1.62 bits per heavy atom. The highest BCUT2D eigenvalue weighted by Gasteiger charge is 2.27. The molecule has 3 N–H and O–H groups in total. The first-order valence-electron chi connectivity index (χ1n) is 10.6. The van der Waals surface area contributed by atoms with Gasteiger partial charge in [0.05, 0.1) is 0 Å². The van der Waals surface area contributed by atoms with Gasteiger partial charge in [-0.25, -0.2) is 0 Å². The number of nitrogens with zero attached hydrogens (tertiary/aromatic N) is 2. The minimum atomic E-state index is -0.0874. The Morgan fingerprint density at radius 1 is 1.00 bits per heavy atom. The lowest BCUT2D eigenvalue weighted by Crippen LogP contribution is -2.34. The molecule has 2 unspecified atom stereocenters. The largest absolute Gasteiger partial charge is 0.508 e. The fourth-order valence-electron chi connectivity index (χ4n) is 3.67. The standard InChI is InChI=1S/C15H24N2O2.C9H10O2.CH2O/c1-16(2)5-4-6-17(3)12-7-11-8-13(18)10-15(19)14(11)9-12;1-7(6-10)8-2-4-9(11)5-3-8;1-2/h8,10,12,18-19H,4-7,9H2,1-3H3;2-7,11H,1H3;1H2. The van der Waals surface area contributed by atoms with Gasteiger partial charge in [-0.15, -0.1) is 0 Å². The fraction of sp³-hybridized carbons (Fsp3) is 0.440. The molecule has 0 aliphatic heterocycles. The molecule has 32 heavy (non-hydrogen) atoms. The zero-order chi connectivity index (χ0) is 24.3. The molecule has 0 bridgehead atoms. The van der Waals surface area contributed by atoms with Crippen molar-refractivity contribution in [3.8, 4) is 17.2 Å². The summed E-state index contributed by atoms with van der Waals surface area (Å²) < 4.78 is 0. The van der Waals surface area contributed by atoms with E-state index in [2.05, 4.69) is 30.9 Å². The number of carbonyl (C=O) groups is 2. The number of aromatic hydroxyl groups is 3. The topological polar surface area (TPSA) is 101 Å². The highest BCUT2D eigenvalue weighted by molar-refractivity contribution is 5.61. The van der Waals surface area contributed by atoms with Crippen LogP contribution >= 0.6 is 0 Å². The zero-order valence-corrected chi connectivity index (χ0v) is 19.5. The molecule has 0 radical (unpaired) electrons. The second-order valence-electron chi connectivity index (χ2n) is 8.32. The van der Waals surface area contributed by atoms with Crippen molar-refractivity contribution >= 4 is 13.1 Å². The Kier molecular flexibility index (Phi) is 11.4. The molecule has 0 fully saturated rings. The van der Waals surface area contributed by atoms with Gasteiger partial charge in [0.25, 0.3) is 0 Å². The molecule has 2 atom stereocenters. The van der Waals surface area contributed by atoms with Crippen molar-refractivity contribution in [1.82, 2.24) is 9.80 Å². The number of phenolic OH excluding ortho intramolecular Hbond substituents is 3. The summed E-state index contributed by atoms with van der Waals surface area (Å²) in [4.78, 5) is 22.9. The Bertz CT molecular complexity index is 839. The number of phenols is 3. The normalized spacial score (nSPS) is 15.2. The van der Waals surface area contributed by atoms with E-state index >= 15 is 0 Å². The van der Waals surface area contributed by atoms with Crippen molar-refractivity contribution in [3.63, 3.8) is 0 Å². The van der Waals surface area contributed by atoms with Crippen molar-refractivity contribution in [2.45, 2.75) is 38.1 Å². The summed E-state index contributed by atoms with van der Waals surface area (Å²) in [5.74, 6) is 0.536. The first-order valence-corrected chi connectivity index (χ1v) is 10.6. The van der Waals surface area contributed by atoms with Crippen LogP contribution in [0.4, 0.5) is 0 Å². The number of rotatable bonds is 7. The van der Waals surface area contributed by atoms with Crippen LogP contribution in [0, 0.1) is 0 Å². The van der Waals surface area contributed by atoms with Crippen LogP contribution in [0.3, 0.4) is 0 Å². The average Bonchev–Trinajstić information content (AvgIpc) is 3.20. The summed E-state index contributed by atoms with van der Waals surface area (Å²) in [5.41, 5.74) is 3.02. The molecule has 0 saturated carbocycles. The number of aldehydes is 1. The second-order valence-corrected chi connectivity index (χ2v) is 8.32. The maximum Gasteiger partial charge on any atom is 0.127 e. The first kappa shape index (κ1) is 27.1. The molecular weight excluding hydrogens is 408 g/mol. The van der Waals surface area contributed by atoms with E-state index in [0.29, 0.717) is 6.04 Å². The summed E-state index contributed by atoms with van der Waals surface area (Å²) in [6.07, 6.45) is 3.82. The van der Waals surface area contributed by atoms with E-state index in [1.165, 1.54) is 6.07 Å². The minimum absolute atomic E-state index is 0.0874. The molecule has 7 heteroatoms. The van der Waals surface area contributed by atoms with Gasteiger partial charge in [0.1, 0.15) is 30.3 Å². The van der Waals surface area contributed by atoms with Crippen LogP contribution in [0.1, 0.15) is 36.0 Å². The van der Waals surface area contributed by atoms with Gasteiger partial charge < -0.3 is 34.7 Å². The molecular formula is C25H36N2O5. The molecule has 1 aliphatic carbocycles. The summed E-state index contributed by atoms with van der Waals surface area (Å²) in [6, 6.07) is 10.3. The number of carbonyl (C=O) groups excluding carboxylic acids is 2. The Hall–Kier alpha value is -2.90. The molecule has 0 aromatic heterocycles. The van der Waals surface area contributed by atoms with Crippen molar-refractivity contribution in [2.24, 2.45) is 0 Å². The van der Waals surface area contributed by atoms with Gasteiger partial charge in [0.15, 0.2) is 0 Å². The maximum atomic E-state index is 10.3. The van der Waals surface area contributed by atoms with E-state index in [4.69, 9.17) is 9.90 Å². The van der Waals surface area contributed by atoms with Crippen molar-refractivity contribution < 1.29 is 24.9 Å². The van der Waals surface area contributed by atoms with Crippen LogP contribution in [0.2, 0.25) is 0 Å². The molecule has 3 rings (SSSR count). The third kappa shape index (κ3) is 8.32. The monoisotopic (exact) mass is 444 g/mol. The van der Waals surface area contributed by atoms with Gasteiger partial charge >= 0.3 is 0 Å². The summed E-state index contributed by atoms with van der Waals surface area (Å²) in [5, 5.41) is 28.3. The molecule has 2 aromatic rings. The summed E-state index contributed by atoms with van der Waals surface area (Å²) in [6.45, 7) is 5.97. The quantitative estimate of drug-likeness (QED) is 0.565. The molecule has 176 valence electrons. The lowest BCUT2D eigenvalue weighted by atomic mass is 10.0. The molecule has 0 amide bonds. The summed E-state index contributed by atoms with van der Waals surface area (Å²) in [7, 11) is 6.32. The second kappa shape index (κ2) is 13.5. The van der Waals surface area contributed by atoms with E-state index in [0.717, 1.165) is 55.3 Å². The number of likely N-dealkylation sites (N-methyl/N-ethyl adjacent to an activating group) is 1. The zero-order valence-electron chi connectivity index (χ0n) is 19.5. The Morgan fingerprint density at radius 3 is 2.19 bits per heavy atom. The van der Waals surface area contributed by atoms with Gasteiger partial charge in [-0.1, -0.05) is 19.1 Å². The van der Waals surface area contributed by atoms with Crippen molar-refractivity contribution in [2.75, 3.05) is 34.2 Å². The molecule has 1 aliphatic rings. The molecule has 0 spiro atoms. The highest BCUT2D eigenvalue weighted by Crippen LogP contribution is 2.35. The maximum absolute atomic E-state index is 10.3. The number of fused-ring (bicyclic) bond motifs is 1. The molecule has 0 heterocycles. The van der Waals surface area contributed by atoms with E-state index < -0.39 is 0 Å². The van der Waals surface area contributed by atoms with Gasteiger partial charge in [0.2, 0.25) is 0 Å². The van der Waals surface area contributed by atoms with Gasteiger partial charge in [-0.05, 0) is 88.4 Å². The smallest absolute Gasteiger partial charge is 0.127 e.